The van der Waals surface area contributed by atoms with Crippen molar-refractivity contribution in [1.29, 1.82) is 0 Å². The Labute approximate surface area is 113 Å². The number of carbonyl (C=O) groups excluding carboxylic acids is 1. The number of allylic oxidation sites excluding steroid dienone is 1. The lowest BCUT2D eigenvalue weighted by Crippen LogP contribution is -1.99. The van der Waals surface area contributed by atoms with Gasteiger partial charge in [-0.3, -0.25) is 4.79 Å². The Balaban J connectivity index is 2.40. The van der Waals surface area contributed by atoms with Crippen LogP contribution in [-0.4, -0.2) is 16.1 Å². The Hall–Kier alpha value is -2.16. The standard InChI is InChI=1S/C16H18N2O/c1-4-5-13(3)16-14(11-19)10-18(17-16)15-8-6-12(2)7-9-15/h4,6-11,13H,1,5H2,2-3H3. The molecule has 0 amide bonds. The van der Waals surface area contributed by atoms with Gasteiger partial charge in [-0.25, -0.2) is 4.68 Å². The summed E-state index contributed by atoms with van der Waals surface area (Å²) in [4.78, 5) is 11.2. The topological polar surface area (TPSA) is 34.9 Å². The Bertz CT molecular complexity index is 581. The average Bonchev–Trinajstić information content (AvgIpc) is 2.84. The van der Waals surface area contributed by atoms with Crippen molar-refractivity contribution in [3.05, 3.63) is 59.9 Å². The minimum Gasteiger partial charge on any atom is -0.298 e. The van der Waals surface area contributed by atoms with Crippen molar-refractivity contribution in [2.45, 2.75) is 26.2 Å². The average molecular weight is 254 g/mol. The molecule has 1 heterocycles. The van der Waals surface area contributed by atoms with Gasteiger partial charge in [0.15, 0.2) is 6.29 Å². The molecule has 1 aromatic heterocycles. The minimum atomic E-state index is 0.199. The fourth-order valence-electron chi connectivity index (χ4n) is 2.07. The largest absolute Gasteiger partial charge is 0.298 e. The summed E-state index contributed by atoms with van der Waals surface area (Å²) in [7, 11) is 0. The molecule has 0 N–H and O–H groups in total. The van der Waals surface area contributed by atoms with Crippen molar-refractivity contribution in [3.8, 4) is 5.69 Å². The van der Waals surface area contributed by atoms with E-state index in [1.54, 1.807) is 10.9 Å². The van der Waals surface area contributed by atoms with Gasteiger partial charge in [0.2, 0.25) is 0 Å². The normalized spacial score (nSPS) is 12.1. The molecule has 1 unspecified atom stereocenters. The quantitative estimate of drug-likeness (QED) is 0.602. The summed E-state index contributed by atoms with van der Waals surface area (Å²) >= 11 is 0. The molecule has 3 nitrogen and oxygen atoms in total. The Kier molecular flexibility index (Phi) is 3.95. The first kappa shape index (κ1) is 13.3. The number of aldehydes is 1. The van der Waals surface area contributed by atoms with Crippen molar-refractivity contribution >= 4 is 6.29 Å². The third-order valence-electron chi connectivity index (χ3n) is 3.19. The lowest BCUT2D eigenvalue weighted by Gasteiger charge is -2.05. The molecule has 1 aromatic carbocycles. The molecule has 0 spiro atoms. The van der Waals surface area contributed by atoms with E-state index in [9.17, 15) is 4.79 Å². The summed E-state index contributed by atoms with van der Waals surface area (Å²) in [5.74, 6) is 0.199. The highest BCUT2D eigenvalue weighted by Gasteiger charge is 2.14. The van der Waals surface area contributed by atoms with Crippen LogP contribution in [0.2, 0.25) is 0 Å². The van der Waals surface area contributed by atoms with E-state index in [2.05, 4.69) is 18.6 Å². The number of aromatic nitrogens is 2. The number of aryl methyl sites for hydroxylation is 1. The van der Waals surface area contributed by atoms with Gasteiger partial charge in [-0.2, -0.15) is 5.10 Å². The first-order valence-electron chi connectivity index (χ1n) is 6.38. The second-order valence-electron chi connectivity index (χ2n) is 4.79. The molecule has 0 fully saturated rings. The first-order valence-corrected chi connectivity index (χ1v) is 6.38. The van der Waals surface area contributed by atoms with E-state index in [0.717, 1.165) is 24.1 Å². The molecule has 2 rings (SSSR count). The van der Waals surface area contributed by atoms with E-state index in [-0.39, 0.29) is 5.92 Å². The predicted molar refractivity (Wildman–Crippen MR) is 76.9 cm³/mol. The number of rotatable bonds is 5. The van der Waals surface area contributed by atoms with Gasteiger partial charge in [0.05, 0.1) is 16.9 Å². The maximum Gasteiger partial charge on any atom is 0.153 e. The third kappa shape index (κ3) is 2.81. The van der Waals surface area contributed by atoms with Gasteiger partial charge in [-0.15, -0.1) is 6.58 Å². The smallest absolute Gasteiger partial charge is 0.153 e. The van der Waals surface area contributed by atoms with Crippen LogP contribution >= 0.6 is 0 Å². The van der Waals surface area contributed by atoms with Gasteiger partial charge in [0, 0.05) is 12.1 Å². The fourth-order valence-corrected chi connectivity index (χ4v) is 2.07. The zero-order chi connectivity index (χ0) is 13.8. The molecule has 2 aromatic rings. The van der Waals surface area contributed by atoms with Gasteiger partial charge < -0.3 is 0 Å². The summed E-state index contributed by atoms with van der Waals surface area (Å²) in [6.45, 7) is 7.83. The Morgan fingerprint density at radius 2 is 2.05 bits per heavy atom. The molecule has 0 saturated carbocycles. The second-order valence-corrected chi connectivity index (χ2v) is 4.79. The Morgan fingerprint density at radius 3 is 2.63 bits per heavy atom. The summed E-state index contributed by atoms with van der Waals surface area (Å²) in [6, 6.07) is 8.06. The van der Waals surface area contributed by atoms with Crippen LogP contribution in [0.4, 0.5) is 0 Å². The molecule has 0 saturated heterocycles. The van der Waals surface area contributed by atoms with Crippen LogP contribution < -0.4 is 0 Å². The summed E-state index contributed by atoms with van der Waals surface area (Å²) in [5, 5.41) is 4.54. The number of benzene rings is 1. The van der Waals surface area contributed by atoms with Gasteiger partial charge in [0.1, 0.15) is 0 Å². The molecule has 0 bridgehead atoms. The van der Waals surface area contributed by atoms with E-state index in [4.69, 9.17) is 0 Å². The van der Waals surface area contributed by atoms with Crippen LogP contribution in [0.1, 0.15) is 40.9 Å². The highest BCUT2D eigenvalue weighted by Crippen LogP contribution is 2.22. The van der Waals surface area contributed by atoms with Crippen LogP contribution in [0, 0.1) is 6.92 Å². The van der Waals surface area contributed by atoms with Crippen LogP contribution in [-0.2, 0) is 0 Å². The maximum atomic E-state index is 11.2. The molecule has 1 atom stereocenters. The lowest BCUT2D eigenvalue weighted by atomic mass is 10.0. The van der Waals surface area contributed by atoms with Crippen molar-refractivity contribution < 1.29 is 4.79 Å². The molecule has 0 aliphatic heterocycles. The molecule has 0 aliphatic carbocycles. The third-order valence-corrected chi connectivity index (χ3v) is 3.19. The molecule has 3 heteroatoms. The van der Waals surface area contributed by atoms with Crippen molar-refractivity contribution in [1.82, 2.24) is 9.78 Å². The second kappa shape index (κ2) is 5.65. The van der Waals surface area contributed by atoms with E-state index >= 15 is 0 Å². The fraction of sp³-hybridized carbons (Fsp3) is 0.250. The SMILES string of the molecule is C=CCC(C)c1nn(-c2ccc(C)cc2)cc1C=O. The molecule has 19 heavy (non-hydrogen) atoms. The zero-order valence-corrected chi connectivity index (χ0v) is 11.3. The Morgan fingerprint density at radius 1 is 1.37 bits per heavy atom. The monoisotopic (exact) mass is 254 g/mol. The van der Waals surface area contributed by atoms with Crippen LogP contribution in [0.5, 0.6) is 0 Å². The summed E-state index contributed by atoms with van der Waals surface area (Å²) < 4.78 is 1.76. The molecule has 98 valence electrons. The van der Waals surface area contributed by atoms with Crippen LogP contribution in [0.25, 0.3) is 5.69 Å². The van der Waals surface area contributed by atoms with Gasteiger partial charge in [-0.05, 0) is 25.5 Å². The van der Waals surface area contributed by atoms with E-state index in [1.165, 1.54) is 5.56 Å². The number of nitrogens with zero attached hydrogens (tertiary/aromatic N) is 2. The van der Waals surface area contributed by atoms with Crippen molar-refractivity contribution in [3.63, 3.8) is 0 Å². The van der Waals surface area contributed by atoms with Gasteiger partial charge >= 0.3 is 0 Å². The number of carbonyl (C=O) groups is 1. The zero-order valence-electron chi connectivity index (χ0n) is 11.3. The first-order chi connectivity index (χ1) is 9.15. The molecule has 0 radical (unpaired) electrons. The van der Waals surface area contributed by atoms with Crippen molar-refractivity contribution in [2.24, 2.45) is 0 Å². The molecular weight excluding hydrogens is 236 g/mol. The minimum absolute atomic E-state index is 0.199. The van der Waals surface area contributed by atoms with Gasteiger partial charge in [0.25, 0.3) is 0 Å². The summed E-state index contributed by atoms with van der Waals surface area (Å²) in [6.07, 6.45) is 5.31. The highest BCUT2D eigenvalue weighted by atomic mass is 16.1. The molecule has 0 aliphatic rings. The highest BCUT2D eigenvalue weighted by molar-refractivity contribution is 5.76. The number of hydrogen-bond donors (Lipinski definition) is 0. The molecular formula is C16H18N2O. The van der Waals surface area contributed by atoms with Crippen LogP contribution in [0.15, 0.2) is 43.1 Å². The van der Waals surface area contributed by atoms with E-state index < -0.39 is 0 Å². The predicted octanol–water partition coefficient (Wildman–Crippen LogP) is 3.67. The summed E-state index contributed by atoms with van der Waals surface area (Å²) in [5.41, 5.74) is 3.64. The lowest BCUT2D eigenvalue weighted by molar-refractivity contribution is 0.112. The van der Waals surface area contributed by atoms with E-state index in [1.807, 2.05) is 37.3 Å². The van der Waals surface area contributed by atoms with E-state index in [0.29, 0.717) is 5.56 Å². The van der Waals surface area contributed by atoms with Crippen molar-refractivity contribution in [2.75, 3.05) is 0 Å². The van der Waals surface area contributed by atoms with Crippen LogP contribution in [0.3, 0.4) is 0 Å². The number of hydrogen-bond acceptors (Lipinski definition) is 2. The maximum absolute atomic E-state index is 11.2. The van der Waals surface area contributed by atoms with Gasteiger partial charge in [-0.1, -0.05) is 30.7 Å².